The van der Waals surface area contributed by atoms with E-state index < -0.39 is 0 Å². The predicted molar refractivity (Wildman–Crippen MR) is 165 cm³/mol. The molecule has 0 aliphatic heterocycles. The van der Waals surface area contributed by atoms with E-state index in [-0.39, 0.29) is 37.5 Å². The summed E-state index contributed by atoms with van der Waals surface area (Å²) in [7, 11) is 0. The molecule has 0 spiro atoms. The molecule has 0 saturated carbocycles. The number of pyridine rings is 1. The summed E-state index contributed by atoms with van der Waals surface area (Å²) in [5.74, 6) is 0.887. The normalized spacial score (nSPS) is 11.6. The van der Waals surface area contributed by atoms with Crippen molar-refractivity contribution >= 4 is 38.1 Å². The third-order valence-electron chi connectivity index (χ3n) is 6.66. The van der Waals surface area contributed by atoms with Crippen LogP contribution in [-0.2, 0) is 37.7 Å². The average Bonchev–Trinajstić information content (AvgIpc) is 2.87. The Bertz CT molecular complexity index is 1690. The standard InChI is InChI=1S/C31H29FN.C5H8O2.Ir/c1-19(2)13-21-15-22(14-20(3)4)17-23(16-21)31-28-10-9-25-24-7-5-6-8-27(24)30(32)18-29(25)26(28)11-12-33-31;1-4(6)3-5(2)7;/h5-12,15-16,18-20H,13-14H2,1-4H3;3,6H,1-2H3;/q-1;;/b;4-3-;. The Balaban J connectivity index is 0.000000516. The van der Waals surface area contributed by atoms with Crippen molar-refractivity contribution in [3.63, 3.8) is 0 Å². The van der Waals surface area contributed by atoms with Crippen LogP contribution in [0.1, 0.15) is 52.7 Å². The fourth-order valence-corrected chi connectivity index (χ4v) is 5.27. The van der Waals surface area contributed by atoms with E-state index in [4.69, 9.17) is 10.1 Å². The minimum atomic E-state index is -0.186. The third kappa shape index (κ3) is 7.87. The van der Waals surface area contributed by atoms with Gasteiger partial charge in [0.25, 0.3) is 0 Å². The molecule has 5 heteroatoms. The van der Waals surface area contributed by atoms with E-state index in [1.54, 1.807) is 6.07 Å². The quantitative estimate of drug-likeness (QED) is 0.0821. The second-order valence-electron chi connectivity index (χ2n) is 11.3. The molecule has 41 heavy (non-hydrogen) atoms. The summed E-state index contributed by atoms with van der Waals surface area (Å²) in [5.41, 5.74) is 4.49. The number of hydrogen-bond donors (Lipinski definition) is 1. The molecule has 0 unspecified atom stereocenters. The van der Waals surface area contributed by atoms with Crippen molar-refractivity contribution in [2.45, 2.75) is 54.4 Å². The van der Waals surface area contributed by atoms with Crippen LogP contribution < -0.4 is 0 Å². The van der Waals surface area contributed by atoms with Gasteiger partial charge in [0, 0.05) is 37.8 Å². The van der Waals surface area contributed by atoms with Gasteiger partial charge in [-0.05, 0) is 83.3 Å². The molecule has 1 radical (unpaired) electrons. The van der Waals surface area contributed by atoms with E-state index in [2.05, 4.69) is 58.0 Å². The molecule has 1 aromatic heterocycles. The van der Waals surface area contributed by atoms with Gasteiger partial charge in [-0.15, -0.1) is 34.9 Å². The zero-order valence-corrected chi connectivity index (χ0v) is 26.9. The Kier molecular flexibility index (Phi) is 11.0. The minimum Gasteiger partial charge on any atom is -0.512 e. The van der Waals surface area contributed by atoms with E-state index in [0.29, 0.717) is 17.2 Å². The van der Waals surface area contributed by atoms with E-state index >= 15 is 0 Å². The zero-order chi connectivity index (χ0) is 29.0. The molecule has 0 fully saturated rings. The van der Waals surface area contributed by atoms with Crippen molar-refractivity contribution in [1.82, 2.24) is 4.98 Å². The van der Waals surface area contributed by atoms with Crippen molar-refractivity contribution in [2.24, 2.45) is 11.8 Å². The SMILES string of the molecule is CC(=O)/C=C(/C)O.CC(C)Cc1[c-]c(-c2nccc3c2ccc2c4ccccc4c(F)cc32)cc(CC(C)C)c1.[Ir]. The monoisotopic (exact) mass is 727 g/mol. The first-order valence-electron chi connectivity index (χ1n) is 13.9. The van der Waals surface area contributed by atoms with Gasteiger partial charge >= 0.3 is 0 Å². The Labute approximate surface area is 255 Å². The number of fused-ring (bicyclic) bond motifs is 5. The van der Waals surface area contributed by atoms with Crippen molar-refractivity contribution in [3.05, 3.63) is 102 Å². The van der Waals surface area contributed by atoms with Crippen molar-refractivity contribution in [2.75, 3.05) is 0 Å². The first-order chi connectivity index (χ1) is 19.0. The topological polar surface area (TPSA) is 50.2 Å². The number of benzene rings is 4. The minimum absolute atomic E-state index is 0. The van der Waals surface area contributed by atoms with Gasteiger partial charge in [-0.1, -0.05) is 64.1 Å². The molecule has 4 aromatic carbocycles. The van der Waals surface area contributed by atoms with Crippen LogP contribution in [0.3, 0.4) is 0 Å². The molecule has 1 heterocycles. The second-order valence-corrected chi connectivity index (χ2v) is 11.3. The van der Waals surface area contributed by atoms with Crippen LogP contribution >= 0.6 is 0 Å². The Morgan fingerprint density at radius 3 is 2.07 bits per heavy atom. The number of ketones is 1. The number of carbonyl (C=O) groups excluding carboxylic acids is 1. The van der Waals surface area contributed by atoms with Crippen LogP contribution in [0.15, 0.2) is 78.7 Å². The van der Waals surface area contributed by atoms with Crippen LogP contribution in [0.5, 0.6) is 0 Å². The third-order valence-corrected chi connectivity index (χ3v) is 6.66. The summed E-state index contributed by atoms with van der Waals surface area (Å²) in [5, 5.41) is 14.0. The van der Waals surface area contributed by atoms with E-state index in [0.717, 1.165) is 51.0 Å². The maximum absolute atomic E-state index is 15.0. The van der Waals surface area contributed by atoms with Gasteiger partial charge in [0.15, 0.2) is 5.78 Å². The number of aliphatic hydroxyl groups excluding tert-OH is 1. The summed E-state index contributed by atoms with van der Waals surface area (Å²) >= 11 is 0. The number of carbonyl (C=O) groups is 1. The first-order valence-corrected chi connectivity index (χ1v) is 13.9. The molecule has 5 aromatic rings. The number of halogens is 1. The Morgan fingerprint density at radius 2 is 1.46 bits per heavy atom. The molecule has 5 rings (SSSR count). The maximum atomic E-state index is 15.0. The molecule has 3 nitrogen and oxygen atoms in total. The van der Waals surface area contributed by atoms with Crippen LogP contribution in [-0.4, -0.2) is 15.9 Å². The number of nitrogens with zero attached hydrogens (tertiary/aromatic N) is 1. The van der Waals surface area contributed by atoms with Crippen LogP contribution in [0.2, 0.25) is 0 Å². The number of aromatic nitrogens is 1. The van der Waals surface area contributed by atoms with Crippen molar-refractivity contribution in [3.8, 4) is 11.3 Å². The average molecular weight is 727 g/mol. The number of hydrogen-bond acceptors (Lipinski definition) is 3. The summed E-state index contributed by atoms with van der Waals surface area (Å²) < 4.78 is 15.0. The molecule has 0 aliphatic rings. The molecule has 0 saturated heterocycles. The molecular weight excluding hydrogens is 690 g/mol. The largest absolute Gasteiger partial charge is 0.512 e. The van der Waals surface area contributed by atoms with Gasteiger partial charge in [0.05, 0.1) is 5.76 Å². The molecule has 0 atom stereocenters. The fourth-order valence-electron chi connectivity index (χ4n) is 5.27. The predicted octanol–water partition coefficient (Wildman–Crippen LogP) is 9.58. The maximum Gasteiger partial charge on any atom is 0.155 e. The molecule has 0 aliphatic carbocycles. The fraction of sp³-hybridized carbons (Fsp3) is 0.278. The molecule has 215 valence electrons. The molecule has 0 bridgehead atoms. The van der Waals surface area contributed by atoms with Crippen LogP contribution in [0.25, 0.3) is 43.6 Å². The summed E-state index contributed by atoms with van der Waals surface area (Å²) in [4.78, 5) is 14.8. The number of rotatable bonds is 6. The Hall–Kier alpha value is -3.40. The van der Waals surface area contributed by atoms with Gasteiger partial charge in [-0.25, -0.2) is 4.39 Å². The smallest absolute Gasteiger partial charge is 0.155 e. The molecule has 0 amide bonds. The summed E-state index contributed by atoms with van der Waals surface area (Å²) in [6.07, 6.45) is 5.02. The van der Waals surface area contributed by atoms with Crippen molar-refractivity contribution in [1.29, 1.82) is 0 Å². The van der Waals surface area contributed by atoms with E-state index in [9.17, 15) is 9.18 Å². The number of aliphatic hydroxyl groups is 1. The first kappa shape index (κ1) is 32.1. The van der Waals surface area contributed by atoms with E-state index in [1.807, 2.05) is 36.5 Å². The summed E-state index contributed by atoms with van der Waals surface area (Å²) in [6.45, 7) is 11.8. The summed E-state index contributed by atoms with van der Waals surface area (Å²) in [6, 6.07) is 23.8. The van der Waals surface area contributed by atoms with Gasteiger partial charge in [0.1, 0.15) is 5.82 Å². The molecule has 1 N–H and O–H groups in total. The zero-order valence-electron chi connectivity index (χ0n) is 24.5. The Morgan fingerprint density at radius 1 is 0.854 bits per heavy atom. The van der Waals surface area contributed by atoms with Gasteiger partial charge in [0.2, 0.25) is 0 Å². The van der Waals surface area contributed by atoms with Gasteiger partial charge in [-0.2, -0.15) is 0 Å². The van der Waals surface area contributed by atoms with Crippen LogP contribution in [0.4, 0.5) is 4.39 Å². The van der Waals surface area contributed by atoms with Gasteiger partial charge in [-0.3, -0.25) is 4.79 Å². The van der Waals surface area contributed by atoms with Crippen LogP contribution in [0, 0.1) is 23.7 Å². The second kappa shape index (κ2) is 14.0. The van der Waals surface area contributed by atoms with Crippen molar-refractivity contribution < 1.29 is 34.4 Å². The van der Waals surface area contributed by atoms with E-state index in [1.165, 1.54) is 31.1 Å². The molecular formula is C36H37FIrNO2-. The number of allylic oxidation sites excluding steroid dienone is 2. The van der Waals surface area contributed by atoms with Gasteiger partial charge < -0.3 is 10.1 Å².